The van der Waals surface area contributed by atoms with E-state index in [9.17, 15) is 40.6 Å². The lowest BCUT2D eigenvalue weighted by molar-refractivity contribution is -0.137. The molecule has 0 bridgehead atoms. The summed E-state index contributed by atoms with van der Waals surface area (Å²) in [5.74, 6) is -1.93. The lowest BCUT2D eigenvalue weighted by Crippen LogP contribution is -2.24. The van der Waals surface area contributed by atoms with Crippen LogP contribution in [0.25, 0.3) is 5.69 Å². The zero-order chi connectivity index (χ0) is 27.7. The van der Waals surface area contributed by atoms with Crippen LogP contribution in [0.1, 0.15) is 11.3 Å². The Bertz CT molecular complexity index is 1400. The lowest BCUT2D eigenvalue weighted by Gasteiger charge is -2.16. The van der Waals surface area contributed by atoms with Gasteiger partial charge in [0, 0.05) is 5.02 Å². The van der Waals surface area contributed by atoms with Crippen molar-refractivity contribution in [3.05, 3.63) is 62.7 Å². The van der Waals surface area contributed by atoms with Crippen LogP contribution in [-0.2, 0) is 21.8 Å². The van der Waals surface area contributed by atoms with Crippen LogP contribution in [0, 0.1) is 11.3 Å². The quantitative estimate of drug-likeness (QED) is 0.330. The second-order valence-corrected chi connectivity index (χ2v) is 9.50. The lowest BCUT2D eigenvalue weighted by atomic mass is 10.2. The van der Waals surface area contributed by atoms with E-state index < -0.39 is 72.7 Å². The van der Waals surface area contributed by atoms with Crippen molar-refractivity contribution in [3.8, 4) is 17.5 Å². The number of amides is 1. The summed E-state index contributed by atoms with van der Waals surface area (Å²) in [6.07, 6.45) is -4.88. The first-order chi connectivity index (χ1) is 17.1. The van der Waals surface area contributed by atoms with Crippen LogP contribution < -0.4 is 10.1 Å². The predicted octanol–water partition coefficient (Wildman–Crippen LogP) is 6.37. The largest absolute Gasteiger partial charge is 0.484 e. The highest BCUT2D eigenvalue weighted by Gasteiger charge is 2.43. The topological polar surface area (TPSA) is 97.0 Å². The second-order valence-electron chi connectivity index (χ2n) is 6.84. The minimum absolute atomic E-state index is 0.152. The van der Waals surface area contributed by atoms with Gasteiger partial charge in [-0.15, -0.1) is 0 Å². The fourth-order valence-corrected chi connectivity index (χ4v) is 4.40. The van der Waals surface area contributed by atoms with E-state index in [0.717, 1.165) is 0 Å². The van der Waals surface area contributed by atoms with E-state index in [4.69, 9.17) is 39.5 Å². The average molecular weight is 606 g/mol. The highest BCUT2D eigenvalue weighted by Crippen LogP contribution is 2.41. The number of rotatable bonds is 6. The average Bonchev–Trinajstić information content (AvgIpc) is 3.13. The zero-order valence-electron chi connectivity index (χ0n) is 17.5. The van der Waals surface area contributed by atoms with Gasteiger partial charge in [-0.05, 0) is 36.4 Å². The van der Waals surface area contributed by atoms with Crippen LogP contribution in [0.2, 0.25) is 15.1 Å². The Kier molecular flexibility index (Phi) is 8.33. The third kappa shape index (κ3) is 6.48. The molecule has 37 heavy (non-hydrogen) atoms. The molecule has 1 amide bonds. The molecular formula is C20H9Cl3F6N4O3S. The molecule has 0 spiro atoms. The normalized spacial score (nSPS) is 12.6. The molecule has 3 rings (SSSR count). The van der Waals surface area contributed by atoms with Crippen molar-refractivity contribution >= 4 is 57.3 Å². The van der Waals surface area contributed by atoms with E-state index in [1.165, 1.54) is 30.3 Å². The maximum absolute atomic E-state index is 13.4. The Morgan fingerprint density at radius 1 is 1.08 bits per heavy atom. The molecule has 0 aliphatic rings. The van der Waals surface area contributed by atoms with Crippen molar-refractivity contribution in [3.63, 3.8) is 0 Å². The van der Waals surface area contributed by atoms with Gasteiger partial charge in [-0.1, -0.05) is 34.8 Å². The summed E-state index contributed by atoms with van der Waals surface area (Å²) in [6.45, 7) is -0.790. The van der Waals surface area contributed by atoms with Crippen molar-refractivity contribution in [2.75, 3.05) is 11.9 Å². The molecule has 7 nitrogen and oxygen atoms in total. The van der Waals surface area contributed by atoms with Crippen LogP contribution >= 0.6 is 34.8 Å². The van der Waals surface area contributed by atoms with Crippen molar-refractivity contribution in [1.82, 2.24) is 9.78 Å². The first-order valence-electron chi connectivity index (χ1n) is 9.40. The summed E-state index contributed by atoms with van der Waals surface area (Å²) in [5.41, 5.74) is -8.38. The minimum atomic E-state index is -5.41. The van der Waals surface area contributed by atoms with Gasteiger partial charge in [0.1, 0.15) is 22.4 Å². The molecule has 1 heterocycles. The molecule has 1 N–H and O–H groups in total. The third-order valence-corrected chi connectivity index (χ3v) is 6.35. The van der Waals surface area contributed by atoms with E-state index >= 15 is 0 Å². The molecule has 0 saturated heterocycles. The Morgan fingerprint density at radius 2 is 1.65 bits per heavy atom. The van der Waals surface area contributed by atoms with Crippen LogP contribution in [-0.4, -0.2) is 32.0 Å². The summed E-state index contributed by atoms with van der Waals surface area (Å²) < 4.78 is 97.2. The van der Waals surface area contributed by atoms with E-state index in [1.54, 1.807) is 0 Å². The number of hydrogen-bond donors (Lipinski definition) is 1. The standard InChI is InChI=1S/C20H9Cl3F6N4O3S/c21-10-1-3-11(4-2-10)36-8-15(34)31-18-17(37(35)20(27,28)29)14(7-30)32-33(18)16-12(22)5-9(6-13(16)23)19(24,25)26/h1-6H,8H2,(H,31,34). The number of carbonyl (C=O) groups is 1. The molecule has 1 atom stereocenters. The zero-order valence-corrected chi connectivity index (χ0v) is 20.6. The van der Waals surface area contributed by atoms with Crippen molar-refractivity contribution in [2.45, 2.75) is 16.6 Å². The van der Waals surface area contributed by atoms with Gasteiger partial charge in [0.25, 0.3) is 5.91 Å². The summed E-state index contributed by atoms with van der Waals surface area (Å²) in [4.78, 5) is 11.3. The predicted molar refractivity (Wildman–Crippen MR) is 121 cm³/mol. The number of nitriles is 1. The minimum Gasteiger partial charge on any atom is -0.484 e. The van der Waals surface area contributed by atoms with E-state index in [0.29, 0.717) is 21.8 Å². The maximum Gasteiger partial charge on any atom is 0.476 e. The van der Waals surface area contributed by atoms with Gasteiger partial charge in [-0.2, -0.15) is 36.7 Å². The van der Waals surface area contributed by atoms with Gasteiger partial charge in [-0.3, -0.25) is 4.79 Å². The second kappa shape index (κ2) is 10.8. The van der Waals surface area contributed by atoms with Gasteiger partial charge in [0.15, 0.2) is 28.9 Å². The van der Waals surface area contributed by atoms with Gasteiger partial charge < -0.3 is 10.1 Å². The smallest absolute Gasteiger partial charge is 0.476 e. The highest BCUT2D eigenvalue weighted by molar-refractivity contribution is 7.86. The molecule has 1 aromatic heterocycles. The van der Waals surface area contributed by atoms with Gasteiger partial charge >= 0.3 is 11.7 Å². The number of anilines is 1. The van der Waals surface area contributed by atoms with Crippen LogP contribution in [0.4, 0.5) is 32.2 Å². The molecule has 2 aromatic carbocycles. The molecule has 0 fully saturated rings. The highest BCUT2D eigenvalue weighted by atomic mass is 35.5. The third-order valence-electron chi connectivity index (χ3n) is 4.34. The maximum atomic E-state index is 13.4. The molecule has 0 aliphatic carbocycles. The number of nitrogens with one attached hydrogen (secondary N) is 1. The summed E-state index contributed by atoms with van der Waals surface area (Å²) in [6, 6.07) is 7.76. The molecule has 17 heteroatoms. The number of alkyl halides is 6. The van der Waals surface area contributed by atoms with Crippen molar-refractivity contribution < 1.29 is 40.1 Å². The first kappa shape index (κ1) is 28.6. The Hall–Kier alpha value is -2.99. The molecule has 0 radical (unpaired) electrons. The number of hydrogen-bond acceptors (Lipinski definition) is 5. The fraction of sp³-hybridized carbons (Fsp3) is 0.150. The van der Waals surface area contributed by atoms with Gasteiger partial charge in [0.2, 0.25) is 0 Å². The number of carbonyl (C=O) groups excluding carboxylic acids is 1. The number of nitrogens with zero attached hydrogens (tertiary/aromatic N) is 3. The molecule has 1 unspecified atom stereocenters. The number of benzene rings is 2. The molecule has 3 aromatic rings. The molecular weight excluding hydrogens is 597 g/mol. The van der Waals surface area contributed by atoms with Gasteiger partial charge in [0.05, 0.1) is 15.6 Å². The summed E-state index contributed by atoms with van der Waals surface area (Å²) in [5, 5.41) is 13.8. The number of ether oxygens (including phenoxy) is 1. The number of aromatic nitrogens is 2. The summed E-state index contributed by atoms with van der Waals surface area (Å²) >= 11 is 17.6. The summed E-state index contributed by atoms with van der Waals surface area (Å²) in [7, 11) is -3.91. The SMILES string of the molecule is N#Cc1nn(-c2c(Cl)cc(C(F)(F)F)cc2Cl)c(NC(=O)COc2ccc(Cl)cc2)c1S(=O)C(F)(F)F. The van der Waals surface area contributed by atoms with Gasteiger partial charge in [-0.25, -0.2) is 8.89 Å². The molecule has 0 aliphatic heterocycles. The fourth-order valence-electron chi connectivity index (χ4n) is 2.82. The molecule has 0 saturated carbocycles. The van der Waals surface area contributed by atoms with Crippen LogP contribution in [0.5, 0.6) is 5.75 Å². The molecule has 196 valence electrons. The van der Waals surface area contributed by atoms with Crippen LogP contribution in [0.3, 0.4) is 0 Å². The number of halogens is 9. The Morgan fingerprint density at radius 3 is 2.14 bits per heavy atom. The Labute approximate surface area is 220 Å². The Balaban J connectivity index is 2.12. The van der Waals surface area contributed by atoms with Crippen molar-refractivity contribution in [1.29, 1.82) is 5.26 Å². The van der Waals surface area contributed by atoms with Crippen LogP contribution in [0.15, 0.2) is 41.3 Å². The monoisotopic (exact) mass is 604 g/mol. The first-order valence-corrected chi connectivity index (χ1v) is 11.7. The van der Waals surface area contributed by atoms with E-state index in [1.807, 2.05) is 5.32 Å². The van der Waals surface area contributed by atoms with E-state index in [2.05, 4.69) is 5.10 Å². The van der Waals surface area contributed by atoms with E-state index in [-0.39, 0.29) is 5.75 Å². The van der Waals surface area contributed by atoms with Crippen molar-refractivity contribution in [2.24, 2.45) is 0 Å².